The number of pyridine rings is 1. The Hall–Kier alpha value is -3.51. The van der Waals surface area contributed by atoms with Crippen LogP contribution in [0.4, 0.5) is 11.5 Å². The normalized spacial score (nSPS) is 11.2. The molecule has 0 aliphatic rings. The Kier molecular flexibility index (Phi) is 4.10. The molecule has 5 rings (SSSR count). The molecule has 0 fully saturated rings. The Labute approximate surface area is 165 Å². The van der Waals surface area contributed by atoms with E-state index in [4.69, 9.17) is 16.6 Å². The molecule has 0 saturated carbocycles. The van der Waals surface area contributed by atoms with Gasteiger partial charge in [0.15, 0.2) is 0 Å². The highest BCUT2D eigenvalue weighted by Gasteiger charge is 2.11. The number of aromatic amines is 1. The molecule has 0 aliphatic heterocycles. The Morgan fingerprint density at radius 3 is 2.71 bits per heavy atom. The van der Waals surface area contributed by atoms with Crippen molar-refractivity contribution in [2.45, 2.75) is 6.42 Å². The molecule has 7 heteroatoms. The van der Waals surface area contributed by atoms with E-state index in [9.17, 15) is 0 Å². The Bertz CT molecular complexity index is 1280. The van der Waals surface area contributed by atoms with Gasteiger partial charge in [-0.3, -0.25) is 0 Å². The summed E-state index contributed by atoms with van der Waals surface area (Å²) in [5.41, 5.74) is 4.64. The molecular formula is C21H15ClN6. The van der Waals surface area contributed by atoms with E-state index in [-0.39, 0.29) is 0 Å². The number of hydrogen-bond acceptors (Lipinski definition) is 5. The zero-order chi connectivity index (χ0) is 18.9. The molecule has 0 saturated heterocycles. The minimum Gasteiger partial charge on any atom is -0.345 e. The number of halogens is 1. The smallest absolute Gasteiger partial charge is 0.142 e. The zero-order valence-electron chi connectivity index (χ0n) is 14.7. The van der Waals surface area contributed by atoms with Crippen molar-refractivity contribution < 1.29 is 0 Å². The van der Waals surface area contributed by atoms with Gasteiger partial charge in [-0.15, -0.1) is 0 Å². The van der Waals surface area contributed by atoms with Gasteiger partial charge in [0.1, 0.15) is 16.8 Å². The predicted molar refractivity (Wildman–Crippen MR) is 111 cm³/mol. The highest BCUT2D eigenvalue weighted by molar-refractivity contribution is 6.30. The molecule has 0 atom stereocenters. The molecule has 0 radical (unpaired) electrons. The first-order valence-electron chi connectivity index (χ1n) is 8.81. The number of rotatable bonds is 4. The third-order valence-electron chi connectivity index (χ3n) is 4.48. The number of benzene rings is 2. The van der Waals surface area contributed by atoms with Gasteiger partial charge in [0.05, 0.1) is 29.1 Å². The molecule has 0 unspecified atom stereocenters. The average molecular weight is 387 g/mol. The lowest BCUT2D eigenvalue weighted by atomic mass is 10.1. The van der Waals surface area contributed by atoms with E-state index in [0.29, 0.717) is 23.2 Å². The van der Waals surface area contributed by atoms with Crippen molar-refractivity contribution >= 4 is 45.0 Å². The Morgan fingerprint density at radius 2 is 1.82 bits per heavy atom. The number of nitrogens with one attached hydrogen (secondary N) is 2. The minimum atomic E-state index is 0.401. The van der Waals surface area contributed by atoms with E-state index in [1.807, 2.05) is 36.4 Å². The summed E-state index contributed by atoms with van der Waals surface area (Å²) in [7, 11) is 0. The fraction of sp³-hybridized carbons (Fsp3) is 0.0476. The lowest BCUT2D eigenvalue weighted by Crippen LogP contribution is -2.03. The van der Waals surface area contributed by atoms with Crippen LogP contribution in [0.5, 0.6) is 0 Å². The Morgan fingerprint density at radius 1 is 0.929 bits per heavy atom. The number of imidazole rings is 1. The molecular weight excluding hydrogens is 372 g/mol. The first-order chi connectivity index (χ1) is 13.7. The second-order valence-corrected chi connectivity index (χ2v) is 6.82. The quantitative estimate of drug-likeness (QED) is 0.430. The fourth-order valence-corrected chi connectivity index (χ4v) is 3.31. The molecule has 5 aromatic rings. The molecule has 28 heavy (non-hydrogen) atoms. The van der Waals surface area contributed by atoms with Crippen LogP contribution in [-0.2, 0) is 6.42 Å². The summed E-state index contributed by atoms with van der Waals surface area (Å²) >= 11 is 6.12. The topological polar surface area (TPSA) is 79.4 Å². The number of anilines is 2. The van der Waals surface area contributed by atoms with Crippen LogP contribution in [0.3, 0.4) is 0 Å². The monoisotopic (exact) mass is 386 g/mol. The van der Waals surface area contributed by atoms with E-state index in [2.05, 4.69) is 37.4 Å². The van der Waals surface area contributed by atoms with Gasteiger partial charge in [0.25, 0.3) is 0 Å². The first kappa shape index (κ1) is 16.6. The molecule has 6 nitrogen and oxygen atoms in total. The SMILES string of the molecule is Clc1cc2c(Nc3ccc4[nH]cnc4c3)nc(Cc3ccccc3)nc2cn1. The van der Waals surface area contributed by atoms with Crippen LogP contribution in [0, 0.1) is 0 Å². The van der Waals surface area contributed by atoms with Crippen LogP contribution in [0.1, 0.15) is 11.4 Å². The molecule has 0 amide bonds. The molecule has 0 spiro atoms. The molecule has 0 bridgehead atoms. The van der Waals surface area contributed by atoms with Crippen LogP contribution in [0.2, 0.25) is 5.15 Å². The van der Waals surface area contributed by atoms with Crippen molar-refractivity contribution in [1.29, 1.82) is 0 Å². The Balaban J connectivity index is 1.59. The summed E-state index contributed by atoms with van der Waals surface area (Å²) < 4.78 is 0. The summed E-state index contributed by atoms with van der Waals surface area (Å²) in [5.74, 6) is 1.40. The van der Waals surface area contributed by atoms with Crippen molar-refractivity contribution in [3.05, 3.63) is 83.7 Å². The van der Waals surface area contributed by atoms with Crippen LogP contribution in [-0.4, -0.2) is 24.9 Å². The van der Waals surface area contributed by atoms with Gasteiger partial charge in [-0.1, -0.05) is 41.9 Å². The second-order valence-electron chi connectivity index (χ2n) is 6.43. The van der Waals surface area contributed by atoms with Gasteiger partial charge in [-0.25, -0.2) is 19.9 Å². The standard InChI is InChI=1S/C21H15ClN6/c22-19-10-15-18(11-23-19)27-20(8-13-4-2-1-3-5-13)28-21(15)26-14-6-7-16-17(9-14)25-12-24-16/h1-7,9-12H,8H2,(H,24,25)(H,26,27,28). The molecule has 3 aromatic heterocycles. The van der Waals surface area contributed by atoms with Crippen LogP contribution in [0.15, 0.2) is 67.1 Å². The second kappa shape index (κ2) is 6.90. The highest BCUT2D eigenvalue weighted by Crippen LogP contribution is 2.27. The van der Waals surface area contributed by atoms with Gasteiger partial charge in [0.2, 0.25) is 0 Å². The van der Waals surface area contributed by atoms with Gasteiger partial charge >= 0.3 is 0 Å². The highest BCUT2D eigenvalue weighted by atomic mass is 35.5. The average Bonchev–Trinajstić information content (AvgIpc) is 3.17. The number of H-pyrrole nitrogens is 1. The number of hydrogen-bond donors (Lipinski definition) is 2. The van der Waals surface area contributed by atoms with E-state index in [0.717, 1.165) is 33.2 Å². The maximum Gasteiger partial charge on any atom is 0.142 e. The number of fused-ring (bicyclic) bond motifs is 2. The summed E-state index contributed by atoms with van der Waals surface area (Å²) in [6.45, 7) is 0. The van der Waals surface area contributed by atoms with Gasteiger partial charge in [-0.2, -0.15) is 0 Å². The summed E-state index contributed by atoms with van der Waals surface area (Å²) in [6.07, 6.45) is 3.99. The summed E-state index contributed by atoms with van der Waals surface area (Å²) in [6, 6.07) is 17.8. The van der Waals surface area contributed by atoms with E-state index in [1.54, 1.807) is 18.6 Å². The van der Waals surface area contributed by atoms with Gasteiger partial charge in [-0.05, 0) is 29.8 Å². The predicted octanol–water partition coefficient (Wildman–Crippen LogP) is 4.89. The first-order valence-corrected chi connectivity index (χ1v) is 9.19. The number of nitrogens with zero attached hydrogens (tertiary/aromatic N) is 4. The van der Waals surface area contributed by atoms with Crippen LogP contribution in [0.25, 0.3) is 21.9 Å². The summed E-state index contributed by atoms with van der Waals surface area (Å²) in [5, 5.41) is 4.61. The largest absolute Gasteiger partial charge is 0.345 e. The van der Waals surface area contributed by atoms with E-state index in [1.165, 1.54) is 0 Å². The van der Waals surface area contributed by atoms with Crippen molar-refractivity contribution in [2.24, 2.45) is 0 Å². The van der Waals surface area contributed by atoms with Crippen LogP contribution >= 0.6 is 11.6 Å². The molecule has 3 heterocycles. The molecule has 0 aliphatic carbocycles. The maximum atomic E-state index is 6.12. The van der Waals surface area contributed by atoms with Crippen LogP contribution < -0.4 is 5.32 Å². The molecule has 136 valence electrons. The van der Waals surface area contributed by atoms with Crippen molar-refractivity contribution in [1.82, 2.24) is 24.9 Å². The molecule has 2 N–H and O–H groups in total. The summed E-state index contributed by atoms with van der Waals surface area (Å²) in [4.78, 5) is 21.0. The van der Waals surface area contributed by atoms with Gasteiger partial charge < -0.3 is 10.3 Å². The third-order valence-corrected chi connectivity index (χ3v) is 4.69. The van der Waals surface area contributed by atoms with E-state index >= 15 is 0 Å². The lowest BCUT2D eigenvalue weighted by Gasteiger charge is -2.11. The van der Waals surface area contributed by atoms with Crippen molar-refractivity contribution in [2.75, 3.05) is 5.32 Å². The third kappa shape index (κ3) is 3.25. The maximum absolute atomic E-state index is 6.12. The number of aromatic nitrogens is 5. The van der Waals surface area contributed by atoms with E-state index < -0.39 is 0 Å². The van der Waals surface area contributed by atoms with Crippen molar-refractivity contribution in [3.8, 4) is 0 Å². The molecule has 2 aromatic carbocycles. The minimum absolute atomic E-state index is 0.401. The van der Waals surface area contributed by atoms with Crippen molar-refractivity contribution in [3.63, 3.8) is 0 Å². The fourth-order valence-electron chi connectivity index (χ4n) is 3.15. The van der Waals surface area contributed by atoms with Gasteiger partial charge in [0, 0.05) is 17.5 Å². The lowest BCUT2D eigenvalue weighted by molar-refractivity contribution is 0.993. The zero-order valence-corrected chi connectivity index (χ0v) is 15.5.